The summed E-state index contributed by atoms with van der Waals surface area (Å²) in [6.07, 6.45) is 11.0. The predicted molar refractivity (Wildman–Crippen MR) is 216 cm³/mol. The molecule has 0 radical (unpaired) electrons. The number of likely N-dealkylation sites (N-methyl/N-ethyl adjacent to an activating group) is 1. The molecule has 57 heavy (non-hydrogen) atoms. The number of morpholine rings is 1. The van der Waals surface area contributed by atoms with E-state index in [2.05, 4.69) is 61.6 Å². The Bertz CT molecular complexity index is 1450. The maximum Gasteiger partial charge on any atom is 0.256 e. The minimum Gasteiger partial charge on any atom is -0.374 e. The Morgan fingerprint density at radius 1 is 0.877 bits per heavy atom. The molecular weight excluding hydrogens is 728 g/mol. The molecule has 8 aliphatic rings. The molecule has 5 heterocycles. The lowest BCUT2D eigenvalue weighted by Crippen LogP contribution is -2.73. The number of piperazine rings is 1. The van der Waals surface area contributed by atoms with E-state index >= 15 is 4.39 Å². The van der Waals surface area contributed by atoms with Gasteiger partial charge in [0.1, 0.15) is 6.17 Å². The Balaban J connectivity index is 0.939. The summed E-state index contributed by atoms with van der Waals surface area (Å²) >= 11 is 0. The van der Waals surface area contributed by atoms with Crippen LogP contribution in [-0.2, 0) is 23.9 Å². The third-order valence-electron chi connectivity index (χ3n) is 14.9. The van der Waals surface area contributed by atoms with Crippen molar-refractivity contribution in [3.05, 3.63) is 11.8 Å². The molecule has 13 nitrogen and oxygen atoms in total. The number of carbonyl (C=O) groups is 3. The zero-order valence-electron chi connectivity index (χ0n) is 34.9. The van der Waals surface area contributed by atoms with E-state index in [1.54, 1.807) is 0 Å². The molecule has 0 spiro atoms. The molecule has 4 saturated heterocycles. The molecule has 5 aliphatic heterocycles. The number of likely N-dealkylation sites (tertiary alicyclic amines) is 1. The molecule has 0 aromatic heterocycles. The number of nitrogens with one attached hydrogen (secondary N) is 3. The van der Waals surface area contributed by atoms with Gasteiger partial charge in [0.05, 0.1) is 48.1 Å². The highest BCUT2D eigenvalue weighted by atomic mass is 19.1. The molecule has 0 aromatic carbocycles. The summed E-state index contributed by atoms with van der Waals surface area (Å²) in [5.41, 5.74) is 0.163. The largest absolute Gasteiger partial charge is 0.374 e. The van der Waals surface area contributed by atoms with E-state index < -0.39 is 24.2 Å². The quantitative estimate of drug-likeness (QED) is 0.166. The van der Waals surface area contributed by atoms with Gasteiger partial charge in [0, 0.05) is 76.9 Å². The number of unbranched alkanes of at least 4 members (excludes halogenated alkanes) is 1. The summed E-state index contributed by atoms with van der Waals surface area (Å²) in [6.45, 7) is 9.39. The lowest BCUT2D eigenvalue weighted by Gasteiger charge is -2.61. The fraction of sp³-hybridized carbons (Fsp3) is 0.884. The molecule has 3 aliphatic carbocycles. The minimum atomic E-state index is -1.29. The molecule has 7 fully saturated rings. The Morgan fingerprint density at radius 2 is 1.70 bits per heavy atom. The van der Waals surface area contributed by atoms with Gasteiger partial charge in [0.2, 0.25) is 5.91 Å². The van der Waals surface area contributed by atoms with E-state index in [0.29, 0.717) is 50.5 Å². The van der Waals surface area contributed by atoms with Crippen LogP contribution in [0.4, 0.5) is 4.39 Å². The fourth-order valence-electron chi connectivity index (χ4n) is 12.0. The molecule has 14 heteroatoms. The van der Waals surface area contributed by atoms with Gasteiger partial charge in [-0.25, -0.2) is 4.39 Å². The molecule has 0 aromatic rings. The third kappa shape index (κ3) is 9.27. The van der Waals surface area contributed by atoms with Crippen LogP contribution in [0.3, 0.4) is 0 Å². The Labute approximate surface area is 340 Å². The number of fused-ring (bicyclic) bond motifs is 5. The zero-order valence-corrected chi connectivity index (χ0v) is 34.9. The number of halogens is 1. The molecule has 320 valence electrons. The first-order valence-corrected chi connectivity index (χ1v) is 22.7. The average Bonchev–Trinajstić information content (AvgIpc) is 3.80. The van der Waals surface area contributed by atoms with Crippen LogP contribution in [0.1, 0.15) is 77.0 Å². The number of ketones is 1. The van der Waals surface area contributed by atoms with Crippen molar-refractivity contribution < 1.29 is 28.2 Å². The second-order valence-corrected chi connectivity index (χ2v) is 19.0. The second-order valence-electron chi connectivity index (χ2n) is 19.0. The van der Waals surface area contributed by atoms with Crippen molar-refractivity contribution >= 4 is 17.6 Å². The van der Waals surface area contributed by atoms with E-state index in [9.17, 15) is 14.4 Å². The smallest absolute Gasteiger partial charge is 0.256 e. The highest BCUT2D eigenvalue weighted by Gasteiger charge is 2.62. The Hall–Kier alpha value is -2.20. The summed E-state index contributed by atoms with van der Waals surface area (Å²) in [6, 6.07) is -0.954. The van der Waals surface area contributed by atoms with Crippen molar-refractivity contribution in [2.45, 2.75) is 132 Å². The van der Waals surface area contributed by atoms with E-state index in [-0.39, 0.29) is 59.9 Å². The number of nitrogens with zero attached hydrogens (tertiary/aromatic N) is 5. The Kier molecular flexibility index (Phi) is 13.6. The van der Waals surface area contributed by atoms with Crippen LogP contribution in [0.2, 0.25) is 0 Å². The van der Waals surface area contributed by atoms with Gasteiger partial charge in [-0.05, 0) is 110 Å². The summed E-state index contributed by atoms with van der Waals surface area (Å²) in [4.78, 5) is 52.5. The number of alkyl halides is 1. The number of hydrogen-bond donors (Lipinski definition) is 3. The number of carbonyl (C=O) groups excluding carboxylic acids is 3. The van der Waals surface area contributed by atoms with Crippen LogP contribution in [0.15, 0.2) is 11.8 Å². The first-order chi connectivity index (χ1) is 27.6. The summed E-state index contributed by atoms with van der Waals surface area (Å²) in [5, 5.41) is 9.69. The maximum atomic E-state index is 16.9. The van der Waals surface area contributed by atoms with Crippen molar-refractivity contribution in [3.8, 4) is 0 Å². The monoisotopic (exact) mass is 799 g/mol. The zero-order chi connectivity index (χ0) is 39.6. The summed E-state index contributed by atoms with van der Waals surface area (Å²) in [7, 11) is 6.31. The van der Waals surface area contributed by atoms with Gasteiger partial charge in [-0.3, -0.25) is 19.3 Å². The first-order valence-electron chi connectivity index (χ1n) is 22.7. The van der Waals surface area contributed by atoms with Crippen LogP contribution in [0, 0.1) is 17.8 Å². The van der Waals surface area contributed by atoms with E-state index in [4.69, 9.17) is 9.47 Å². The standard InChI is InChI=1S/C43H71FN8O5/c1-48(2)16-7-6-13-45-15-11-38(53)47-28-12-18-51(26-28)40-33(44)23-31-39-42(40)57-37-24-30-29-9-4-5-10-35(29)56-36(30)25-34(37)52(39)27-32(41(31)54)43(55)46-14-8-17-50-21-19-49(3)20-22-50/h27-31,33-37,39-40,42,45H,4-26H2,1-3H3,(H,46,55)(H,47,53)/t28-,29?,30?,31?,33?,34?,35?,36?,37?,39?,40?,42?/m1/s1. The number of hydrogen-bond acceptors (Lipinski definition) is 11. The highest BCUT2D eigenvalue weighted by molar-refractivity contribution is 6.20. The molecule has 3 saturated carbocycles. The topological polar surface area (TPSA) is 122 Å². The molecule has 2 amide bonds. The van der Waals surface area contributed by atoms with Gasteiger partial charge in [-0.15, -0.1) is 0 Å². The van der Waals surface area contributed by atoms with Crippen molar-refractivity contribution in [3.63, 3.8) is 0 Å². The lowest BCUT2D eigenvalue weighted by atomic mass is 9.67. The SMILES string of the molecule is CN(C)CCCCNCCC(=O)N[C@@H]1CCN(C2C(F)CC3C(=O)C(C(=O)NCCCN4CCN(C)CC4)=CN4C5CC6OC7CCCCC7C6CC5OC2C34)C1. The molecule has 8 rings (SSSR count). The van der Waals surface area contributed by atoms with Crippen molar-refractivity contribution in [1.82, 2.24) is 40.4 Å². The number of Topliss-reactive ketones (excluding diaryl/α,β-unsaturated/α-hetero) is 1. The molecule has 0 bridgehead atoms. The summed E-state index contributed by atoms with van der Waals surface area (Å²) < 4.78 is 30.8. The lowest BCUT2D eigenvalue weighted by molar-refractivity contribution is -0.220. The third-order valence-corrected chi connectivity index (χ3v) is 14.9. The van der Waals surface area contributed by atoms with Gasteiger partial charge < -0.3 is 45.0 Å². The van der Waals surface area contributed by atoms with E-state index in [1.165, 1.54) is 19.3 Å². The van der Waals surface area contributed by atoms with E-state index in [0.717, 1.165) is 90.8 Å². The molecule has 11 unspecified atom stereocenters. The highest BCUT2D eigenvalue weighted by Crippen LogP contribution is 2.53. The van der Waals surface area contributed by atoms with Crippen LogP contribution >= 0.6 is 0 Å². The van der Waals surface area contributed by atoms with E-state index in [1.807, 2.05) is 6.20 Å². The maximum absolute atomic E-state index is 16.9. The van der Waals surface area contributed by atoms with Crippen LogP contribution < -0.4 is 16.0 Å². The molecule has 3 N–H and O–H groups in total. The van der Waals surface area contributed by atoms with Crippen molar-refractivity contribution in [2.75, 3.05) is 93.1 Å². The predicted octanol–water partition coefficient (Wildman–Crippen LogP) is 1.62. The number of amides is 2. The van der Waals surface area contributed by atoms with Gasteiger partial charge in [-0.2, -0.15) is 0 Å². The minimum absolute atomic E-state index is 0.0239. The van der Waals surface area contributed by atoms with Gasteiger partial charge >= 0.3 is 0 Å². The van der Waals surface area contributed by atoms with Crippen molar-refractivity contribution in [1.29, 1.82) is 0 Å². The van der Waals surface area contributed by atoms with Crippen LogP contribution in [-0.4, -0.2) is 190 Å². The van der Waals surface area contributed by atoms with Gasteiger partial charge in [0.25, 0.3) is 5.91 Å². The first kappa shape index (κ1) is 41.5. The average molecular weight is 799 g/mol. The van der Waals surface area contributed by atoms with Gasteiger partial charge in [0.15, 0.2) is 5.78 Å². The van der Waals surface area contributed by atoms with Gasteiger partial charge in [-0.1, -0.05) is 12.8 Å². The van der Waals surface area contributed by atoms with Crippen LogP contribution in [0.25, 0.3) is 0 Å². The number of rotatable bonds is 15. The van der Waals surface area contributed by atoms with Crippen molar-refractivity contribution in [2.24, 2.45) is 17.8 Å². The van der Waals surface area contributed by atoms with Crippen LogP contribution in [0.5, 0.6) is 0 Å². The fourth-order valence-corrected chi connectivity index (χ4v) is 12.0. The summed E-state index contributed by atoms with van der Waals surface area (Å²) in [5.74, 6) is -0.266. The molecular formula is C43H71FN8O5. The molecule has 12 atom stereocenters. The number of ether oxygens (including phenoxy) is 2. The Morgan fingerprint density at radius 3 is 2.53 bits per heavy atom. The second kappa shape index (κ2) is 18.6. The normalized spacial score (nSPS) is 38.3.